The quantitative estimate of drug-likeness (QED) is 0.792. The summed E-state index contributed by atoms with van der Waals surface area (Å²) in [5, 5.41) is 4.73. The minimum atomic E-state index is -4.46. The summed E-state index contributed by atoms with van der Waals surface area (Å²) >= 11 is 0. The van der Waals surface area contributed by atoms with Crippen LogP contribution in [-0.2, 0) is 16.4 Å². The molecule has 0 aromatic carbocycles. The Morgan fingerprint density at radius 2 is 2.12 bits per heavy atom. The Kier molecular flexibility index (Phi) is 6.32. The molecule has 1 saturated heterocycles. The van der Waals surface area contributed by atoms with Crippen molar-refractivity contribution in [2.24, 2.45) is 0 Å². The molecule has 1 aromatic heterocycles. The van der Waals surface area contributed by atoms with Crippen LogP contribution in [0.4, 0.5) is 18.0 Å². The number of aromatic nitrogens is 1. The number of carbonyl (C=O) groups excluding carboxylic acids is 1. The Bertz CT molecular complexity index is 740. The molecule has 2 N–H and O–H groups in total. The number of urea groups is 1. The molecule has 1 aliphatic heterocycles. The van der Waals surface area contributed by atoms with Crippen molar-refractivity contribution in [1.82, 2.24) is 15.6 Å². The Hall–Kier alpha value is -2.04. The molecule has 0 bridgehead atoms. The van der Waals surface area contributed by atoms with E-state index >= 15 is 0 Å². The average Bonchev–Trinajstić information content (AvgIpc) is 2.54. The molecule has 2 unspecified atom stereocenters. The Balaban J connectivity index is 1.82. The van der Waals surface area contributed by atoms with E-state index in [0.29, 0.717) is 18.4 Å². The molecular weight excluding hydrogens is 375 g/mol. The van der Waals surface area contributed by atoms with Gasteiger partial charge in [0.15, 0.2) is 16.4 Å². The van der Waals surface area contributed by atoms with Crippen LogP contribution in [0.1, 0.15) is 25.3 Å². The highest BCUT2D eigenvalue weighted by molar-refractivity contribution is 7.92. The second-order valence-electron chi connectivity index (χ2n) is 6.15. The molecule has 7 nitrogen and oxygen atoms in total. The van der Waals surface area contributed by atoms with Crippen molar-refractivity contribution in [3.05, 3.63) is 23.9 Å². The third kappa shape index (κ3) is 6.36. The molecule has 0 saturated carbocycles. The first-order valence-electron chi connectivity index (χ1n) is 7.95. The maximum atomic E-state index is 12.1. The molecule has 26 heavy (non-hydrogen) atoms. The van der Waals surface area contributed by atoms with Crippen LogP contribution in [0.3, 0.4) is 0 Å². The fraction of sp³-hybridized carbons (Fsp3) is 0.600. The largest absolute Gasteiger partial charge is 0.468 e. The number of rotatable bonds is 5. The van der Waals surface area contributed by atoms with Crippen molar-refractivity contribution in [3.8, 4) is 5.88 Å². The van der Waals surface area contributed by atoms with Crippen molar-refractivity contribution in [2.75, 3.05) is 12.4 Å². The van der Waals surface area contributed by atoms with Gasteiger partial charge in [-0.3, -0.25) is 0 Å². The van der Waals surface area contributed by atoms with E-state index in [1.165, 1.54) is 18.3 Å². The molecule has 2 heterocycles. The molecule has 146 valence electrons. The van der Waals surface area contributed by atoms with E-state index in [9.17, 15) is 26.4 Å². The highest BCUT2D eigenvalue weighted by Gasteiger charge is 2.32. The third-order valence-electron chi connectivity index (χ3n) is 3.94. The lowest BCUT2D eigenvalue weighted by molar-refractivity contribution is -0.154. The van der Waals surface area contributed by atoms with Crippen molar-refractivity contribution in [3.63, 3.8) is 0 Å². The number of carbonyl (C=O) groups is 1. The third-order valence-corrected chi connectivity index (χ3v) is 6.27. The van der Waals surface area contributed by atoms with Gasteiger partial charge in [-0.05, 0) is 31.4 Å². The molecule has 1 aromatic rings. The number of halogens is 3. The smallest absolute Gasteiger partial charge is 0.422 e. The van der Waals surface area contributed by atoms with Crippen LogP contribution in [0, 0.1) is 0 Å². The molecule has 2 atom stereocenters. The van der Waals surface area contributed by atoms with Gasteiger partial charge >= 0.3 is 12.2 Å². The standard InChI is InChI=1S/C15H20F3N3O4S/c1-10-2-3-12(8-26(10,23)24)21-14(22)20-7-11-4-5-19-13(6-11)25-9-15(16,17)18/h4-6,10,12H,2-3,7-9H2,1H3,(H2,20,21,22). The summed E-state index contributed by atoms with van der Waals surface area (Å²) in [5.74, 6) is -0.305. The van der Waals surface area contributed by atoms with Crippen molar-refractivity contribution < 1.29 is 31.1 Å². The molecule has 1 aliphatic rings. The number of amides is 2. The number of nitrogens with one attached hydrogen (secondary N) is 2. The summed E-state index contributed by atoms with van der Waals surface area (Å²) in [4.78, 5) is 15.6. The van der Waals surface area contributed by atoms with E-state index in [2.05, 4.69) is 20.4 Å². The second kappa shape index (κ2) is 8.11. The summed E-state index contributed by atoms with van der Waals surface area (Å²) in [6.45, 7) is 0.228. The first-order valence-corrected chi connectivity index (χ1v) is 9.67. The van der Waals surface area contributed by atoms with Gasteiger partial charge in [-0.1, -0.05) is 0 Å². The van der Waals surface area contributed by atoms with Crippen molar-refractivity contribution in [2.45, 2.75) is 43.8 Å². The molecule has 11 heteroatoms. The van der Waals surface area contributed by atoms with E-state index in [1.807, 2.05) is 0 Å². The summed E-state index contributed by atoms with van der Waals surface area (Å²) in [7, 11) is -3.21. The lowest BCUT2D eigenvalue weighted by atomic mass is 10.1. The number of alkyl halides is 3. The van der Waals surface area contributed by atoms with E-state index in [-0.39, 0.29) is 18.2 Å². The Morgan fingerprint density at radius 3 is 2.77 bits per heavy atom. The zero-order valence-electron chi connectivity index (χ0n) is 14.0. The summed E-state index contributed by atoms with van der Waals surface area (Å²) in [6, 6.07) is 1.81. The predicted molar refractivity (Wildman–Crippen MR) is 87.4 cm³/mol. The van der Waals surface area contributed by atoms with Gasteiger partial charge < -0.3 is 15.4 Å². The van der Waals surface area contributed by atoms with E-state index < -0.39 is 39.9 Å². The molecule has 0 spiro atoms. The van der Waals surface area contributed by atoms with Crippen molar-refractivity contribution >= 4 is 15.9 Å². The summed E-state index contributed by atoms with van der Waals surface area (Å²) in [6.07, 6.45) is -2.14. The number of hydrogen-bond donors (Lipinski definition) is 2. The Labute approximate surface area is 149 Å². The number of hydrogen-bond acceptors (Lipinski definition) is 5. The molecule has 1 fully saturated rings. The van der Waals surface area contributed by atoms with Gasteiger partial charge in [0.25, 0.3) is 0 Å². The monoisotopic (exact) mass is 395 g/mol. The van der Waals surface area contributed by atoms with E-state index in [4.69, 9.17) is 0 Å². The number of nitrogens with zero attached hydrogens (tertiary/aromatic N) is 1. The maximum Gasteiger partial charge on any atom is 0.422 e. The van der Waals surface area contributed by atoms with Crippen LogP contribution in [0.2, 0.25) is 0 Å². The Morgan fingerprint density at radius 1 is 1.38 bits per heavy atom. The fourth-order valence-electron chi connectivity index (χ4n) is 2.47. The van der Waals surface area contributed by atoms with Gasteiger partial charge in [0.1, 0.15) is 0 Å². The topological polar surface area (TPSA) is 97.4 Å². The lowest BCUT2D eigenvalue weighted by Crippen LogP contribution is -2.48. The van der Waals surface area contributed by atoms with E-state index in [1.54, 1.807) is 6.92 Å². The molecule has 0 aliphatic carbocycles. The zero-order valence-corrected chi connectivity index (χ0v) is 14.9. The van der Waals surface area contributed by atoms with E-state index in [0.717, 1.165) is 0 Å². The van der Waals surface area contributed by atoms with Crippen LogP contribution < -0.4 is 15.4 Å². The zero-order chi connectivity index (χ0) is 19.4. The van der Waals surface area contributed by atoms with Crippen LogP contribution in [-0.4, -0.2) is 49.3 Å². The molecule has 2 rings (SSSR count). The van der Waals surface area contributed by atoms with Gasteiger partial charge in [0, 0.05) is 24.8 Å². The fourth-order valence-corrected chi connectivity index (χ4v) is 4.11. The highest BCUT2D eigenvalue weighted by Crippen LogP contribution is 2.19. The highest BCUT2D eigenvalue weighted by atomic mass is 32.2. The first-order chi connectivity index (χ1) is 12.0. The normalized spacial score (nSPS) is 22.5. The van der Waals surface area contributed by atoms with Crippen molar-refractivity contribution in [1.29, 1.82) is 0 Å². The first kappa shape index (κ1) is 20.3. The molecule has 0 radical (unpaired) electrons. The number of ether oxygens (including phenoxy) is 1. The van der Waals surface area contributed by atoms with Gasteiger partial charge in [0.2, 0.25) is 5.88 Å². The summed E-state index contributed by atoms with van der Waals surface area (Å²) in [5.41, 5.74) is 0.497. The molecule has 2 amide bonds. The molecular formula is C15H20F3N3O4S. The van der Waals surface area contributed by atoms with Gasteiger partial charge in [-0.15, -0.1) is 0 Å². The lowest BCUT2D eigenvalue weighted by Gasteiger charge is -2.27. The SMILES string of the molecule is CC1CCC(NC(=O)NCc2ccnc(OCC(F)(F)F)c2)CS1(=O)=O. The number of pyridine rings is 1. The summed E-state index contributed by atoms with van der Waals surface area (Å²) < 4.78 is 64.6. The minimum Gasteiger partial charge on any atom is -0.468 e. The van der Waals surface area contributed by atoms with Gasteiger partial charge in [0.05, 0.1) is 11.0 Å². The van der Waals surface area contributed by atoms with Crippen LogP contribution in [0.5, 0.6) is 5.88 Å². The van der Waals surface area contributed by atoms with Crippen LogP contribution in [0.15, 0.2) is 18.3 Å². The van der Waals surface area contributed by atoms with Crippen LogP contribution >= 0.6 is 0 Å². The maximum absolute atomic E-state index is 12.1. The number of sulfone groups is 1. The minimum absolute atomic E-state index is 0.0343. The van der Waals surface area contributed by atoms with Gasteiger partial charge in [-0.2, -0.15) is 13.2 Å². The second-order valence-corrected chi connectivity index (χ2v) is 8.61. The van der Waals surface area contributed by atoms with Gasteiger partial charge in [-0.25, -0.2) is 18.2 Å². The average molecular weight is 395 g/mol. The van der Waals surface area contributed by atoms with Crippen LogP contribution in [0.25, 0.3) is 0 Å². The predicted octanol–water partition coefficient (Wildman–Crippen LogP) is 1.79.